The Kier molecular flexibility index (Phi) is 5.16. The summed E-state index contributed by atoms with van der Waals surface area (Å²) in [6.07, 6.45) is 1.05. The van der Waals surface area contributed by atoms with Gasteiger partial charge in [-0.1, -0.05) is 11.6 Å². The first-order valence-electron chi connectivity index (χ1n) is 6.90. The van der Waals surface area contributed by atoms with Crippen molar-refractivity contribution < 1.29 is 22.6 Å². The van der Waals surface area contributed by atoms with Crippen molar-refractivity contribution in [2.45, 2.75) is 13.0 Å². The SMILES string of the molecule is CS(=O)(=O)O.NC(N)=NC(=O)c1cc2c(Cl)ccc3c2n1CCC3=O. The minimum absolute atomic E-state index is 0.0399. The van der Waals surface area contributed by atoms with E-state index in [1.807, 2.05) is 0 Å². The zero-order chi connectivity index (χ0) is 18.9. The van der Waals surface area contributed by atoms with Gasteiger partial charge in [-0.05, 0) is 18.2 Å². The molecule has 2 heterocycles. The number of Topliss-reactive ketones (excluding diaryl/α,β-unsaturated/α-hetero) is 1. The van der Waals surface area contributed by atoms with Crippen molar-refractivity contribution in [1.29, 1.82) is 0 Å². The van der Waals surface area contributed by atoms with Gasteiger partial charge in [-0.15, -0.1) is 0 Å². The second-order valence-electron chi connectivity index (χ2n) is 5.29. The van der Waals surface area contributed by atoms with Gasteiger partial charge in [-0.2, -0.15) is 13.4 Å². The van der Waals surface area contributed by atoms with E-state index in [9.17, 15) is 18.0 Å². The number of rotatable bonds is 1. The van der Waals surface area contributed by atoms with Crippen LogP contribution < -0.4 is 11.5 Å². The maximum Gasteiger partial charge on any atom is 0.296 e. The van der Waals surface area contributed by atoms with Crippen LogP contribution in [0.5, 0.6) is 0 Å². The van der Waals surface area contributed by atoms with Crippen LogP contribution in [0.3, 0.4) is 0 Å². The first kappa shape index (κ1) is 18.9. The van der Waals surface area contributed by atoms with Gasteiger partial charge >= 0.3 is 0 Å². The van der Waals surface area contributed by atoms with E-state index in [-0.39, 0.29) is 11.7 Å². The molecule has 0 saturated carbocycles. The lowest BCUT2D eigenvalue weighted by atomic mass is 10.0. The lowest BCUT2D eigenvalue weighted by molar-refractivity contribution is 0.0958. The van der Waals surface area contributed by atoms with Gasteiger partial charge < -0.3 is 16.0 Å². The molecule has 0 unspecified atom stereocenters. The smallest absolute Gasteiger partial charge is 0.296 e. The summed E-state index contributed by atoms with van der Waals surface area (Å²) in [4.78, 5) is 27.5. The molecule has 0 fully saturated rings. The van der Waals surface area contributed by atoms with Crippen LogP contribution in [0.2, 0.25) is 5.02 Å². The number of guanidine groups is 1. The molecular weight excluding hydrogens is 372 g/mol. The molecule has 9 nitrogen and oxygen atoms in total. The quantitative estimate of drug-likeness (QED) is 0.371. The summed E-state index contributed by atoms with van der Waals surface area (Å²) in [5.41, 5.74) is 12.0. The number of aromatic nitrogens is 1. The van der Waals surface area contributed by atoms with Crippen LogP contribution >= 0.6 is 11.6 Å². The topological polar surface area (TPSA) is 158 Å². The molecule has 11 heteroatoms. The number of hydrogen-bond acceptors (Lipinski definition) is 4. The molecule has 3 rings (SSSR count). The number of benzene rings is 1. The monoisotopic (exact) mass is 386 g/mol. The fourth-order valence-corrected chi connectivity index (χ4v) is 2.71. The van der Waals surface area contributed by atoms with Crippen LogP contribution in [0.4, 0.5) is 0 Å². The van der Waals surface area contributed by atoms with Crippen molar-refractivity contribution in [3.63, 3.8) is 0 Å². The molecule has 0 spiro atoms. The van der Waals surface area contributed by atoms with Gasteiger partial charge in [0.15, 0.2) is 11.7 Å². The second kappa shape index (κ2) is 6.82. The normalized spacial score (nSPS) is 13.2. The molecule has 0 radical (unpaired) electrons. The van der Waals surface area contributed by atoms with Crippen molar-refractivity contribution in [2.75, 3.05) is 6.26 Å². The lowest BCUT2D eigenvalue weighted by Crippen LogP contribution is -2.25. The molecule has 2 aromatic rings. The number of carbonyl (C=O) groups is 2. The van der Waals surface area contributed by atoms with Gasteiger partial charge in [0.05, 0.1) is 16.8 Å². The van der Waals surface area contributed by atoms with Crippen molar-refractivity contribution in [3.8, 4) is 0 Å². The predicted molar refractivity (Wildman–Crippen MR) is 93.5 cm³/mol. The van der Waals surface area contributed by atoms with E-state index in [0.717, 1.165) is 0 Å². The van der Waals surface area contributed by atoms with E-state index < -0.39 is 16.0 Å². The lowest BCUT2D eigenvalue weighted by Gasteiger charge is -2.16. The number of nitrogens with zero attached hydrogens (tertiary/aromatic N) is 2. The number of aryl methyl sites for hydroxylation is 1. The highest BCUT2D eigenvalue weighted by molar-refractivity contribution is 7.85. The Bertz CT molecular complexity index is 998. The predicted octanol–water partition coefficient (Wildman–Crippen LogP) is 0.799. The van der Waals surface area contributed by atoms with Crippen molar-refractivity contribution in [3.05, 3.63) is 34.5 Å². The number of carbonyl (C=O) groups excluding carboxylic acids is 2. The summed E-state index contributed by atoms with van der Waals surface area (Å²) in [6, 6.07) is 4.95. The number of ketones is 1. The maximum absolute atomic E-state index is 12.0. The average molecular weight is 387 g/mol. The van der Waals surface area contributed by atoms with E-state index in [2.05, 4.69) is 4.99 Å². The van der Waals surface area contributed by atoms with E-state index >= 15 is 0 Å². The molecule has 1 amide bonds. The van der Waals surface area contributed by atoms with Crippen LogP contribution in [-0.4, -0.2) is 41.4 Å². The summed E-state index contributed by atoms with van der Waals surface area (Å²) in [5, 5.41) is 1.14. The van der Waals surface area contributed by atoms with Crippen LogP contribution in [0.1, 0.15) is 27.3 Å². The summed E-state index contributed by atoms with van der Waals surface area (Å²) >= 11 is 6.13. The summed E-state index contributed by atoms with van der Waals surface area (Å²) in [7, 11) is -3.67. The zero-order valence-electron chi connectivity index (χ0n) is 13.1. The number of nitrogens with two attached hydrogens (primary N) is 2. The van der Waals surface area contributed by atoms with E-state index in [1.54, 1.807) is 22.8 Å². The fourth-order valence-electron chi connectivity index (χ4n) is 2.50. The van der Waals surface area contributed by atoms with Crippen molar-refractivity contribution in [2.24, 2.45) is 16.5 Å². The highest BCUT2D eigenvalue weighted by atomic mass is 35.5. The highest BCUT2D eigenvalue weighted by Crippen LogP contribution is 2.33. The summed E-state index contributed by atoms with van der Waals surface area (Å²) < 4.78 is 27.6. The minimum Gasteiger partial charge on any atom is -0.370 e. The third-order valence-corrected chi connectivity index (χ3v) is 3.65. The largest absolute Gasteiger partial charge is 0.370 e. The average Bonchev–Trinajstić information content (AvgIpc) is 2.83. The van der Waals surface area contributed by atoms with Gasteiger partial charge in [0.25, 0.3) is 16.0 Å². The molecule has 1 aromatic heterocycles. The Morgan fingerprint density at radius 1 is 1.36 bits per heavy atom. The Morgan fingerprint density at radius 3 is 2.52 bits per heavy atom. The molecule has 25 heavy (non-hydrogen) atoms. The van der Waals surface area contributed by atoms with Crippen molar-refractivity contribution in [1.82, 2.24) is 4.57 Å². The molecule has 0 saturated heterocycles. The van der Waals surface area contributed by atoms with E-state index in [1.165, 1.54) is 0 Å². The van der Waals surface area contributed by atoms with Gasteiger partial charge in [0, 0.05) is 23.9 Å². The molecule has 5 N–H and O–H groups in total. The molecule has 1 aliphatic rings. The number of amides is 1. The first-order valence-corrected chi connectivity index (χ1v) is 9.13. The Labute approximate surface area is 148 Å². The van der Waals surface area contributed by atoms with Gasteiger partial charge in [-0.3, -0.25) is 14.1 Å². The summed E-state index contributed by atoms with van der Waals surface area (Å²) in [6.45, 7) is 0.413. The number of halogens is 1. The number of aliphatic imine (C=N–C) groups is 1. The third kappa shape index (κ3) is 4.35. The zero-order valence-corrected chi connectivity index (χ0v) is 14.6. The number of hydrogen-bond donors (Lipinski definition) is 3. The Hall–Kier alpha value is -2.43. The molecule has 1 aromatic carbocycles. The highest BCUT2D eigenvalue weighted by Gasteiger charge is 2.25. The second-order valence-corrected chi connectivity index (χ2v) is 7.16. The first-order chi connectivity index (χ1) is 11.5. The van der Waals surface area contributed by atoms with Crippen molar-refractivity contribution >= 4 is 50.3 Å². The van der Waals surface area contributed by atoms with Crippen LogP contribution in [0.15, 0.2) is 23.2 Å². The van der Waals surface area contributed by atoms with Crippen LogP contribution in [-0.2, 0) is 16.7 Å². The van der Waals surface area contributed by atoms with Crippen LogP contribution in [0.25, 0.3) is 10.9 Å². The van der Waals surface area contributed by atoms with Gasteiger partial charge in [-0.25, -0.2) is 0 Å². The maximum atomic E-state index is 12.0. The fraction of sp³-hybridized carbons (Fsp3) is 0.214. The van der Waals surface area contributed by atoms with E-state index in [4.69, 9.17) is 27.6 Å². The molecule has 0 atom stereocenters. The molecular formula is C14H15ClN4O5S. The Morgan fingerprint density at radius 2 is 1.96 bits per heavy atom. The molecule has 134 valence electrons. The Balaban J connectivity index is 0.000000399. The minimum atomic E-state index is -3.67. The molecule has 0 bridgehead atoms. The standard InChI is InChI=1S/C13H11ClN4O2.CH4O3S/c14-8-2-1-6-10(19)3-4-18-9(5-7(8)11(6)18)12(20)17-13(15)16;1-5(2,3)4/h1-2,5H,3-4H2,(H4,15,16,17,20);1H3,(H,2,3,4). The summed E-state index contributed by atoms with van der Waals surface area (Å²) in [5.74, 6) is -0.804. The van der Waals surface area contributed by atoms with E-state index in [0.29, 0.717) is 46.4 Å². The third-order valence-electron chi connectivity index (χ3n) is 3.32. The van der Waals surface area contributed by atoms with Gasteiger partial charge in [0.2, 0.25) is 0 Å². The van der Waals surface area contributed by atoms with Gasteiger partial charge in [0.1, 0.15) is 5.69 Å². The molecule has 0 aliphatic carbocycles. The molecule has 1 aliphatic heterocycles. The van der Waals surface area contributed by atoms with Crippen LogP contribution in [0, 0.1) is 0 Å².